The molecular weight excluding hydrogens is 324 g/mol. The van der Waals surface area contributed by atoms with Crippen molar-refractivity contribution in [1.82, 2.24) is 0 Å². The fraction of sp³-hybridized carbons (Fsp3) is 0.167. The molecule has 0 atom stereocenters. The van der Waals surface area contributed by atoms with E-state index in [1.807, 2.05) is 26.0 Å². The Hall–Kier alpha value is -2.78. The molecule has 0 spiro atoms. The van der Waals surface area contributed by atoms with Crippen molar-refractivity contribution in [2.24, 2.45) is 0 Å². The summed E-state index contributed by atoms with van der Waals surface area (Å²) in [6.45, 7) is 3.90. The van der Waals surface area contributed by atoms with Crippen molar-refractivity contribution in [3.63, 3.8) is 0 Å². The standard InChI is InChI=1S/C18H18N2O3S/c1-13-4-5-15(10-14(13)2)11-18(12-19)24(21,22)20-16-6-8-17(23-3)9-7-16/h4-11,20H,1-3H3. The van der Waals surface area contributed by atoms with Crippen LogP contribution in [0.2, 0.25) is 0 Å². The van der Waals surface area contributed by atoms with Crippen LogP contribution in [0.25, 0.3) is 6.08 Å². The molecule has 6 heteroatoms. The average Bonchev–Trinajstić information content (AvgIpc) is 2.56. The van der Waals surface area contributed by atoms with Crippen LogP contribution in [-0.4, -0.2) is 15.5 Å². The molecule has 2 aromatic rings. The number of hydrogen-bond donors (Lipinski definition) is 1. The normalized spacial score (nSPS) is 11.7. The quantitative estimate of drug-likeness (QED) is 0.842. The fourth-order valence-electron chi connectivity index (χ4n) is 2.04. The van der Waals surface area contributed by atoms with Gasteiger partial charge in [0.25, 0.3) is 10.0 Å². The van der Waals surface area contributed by atoms with Crippen molar-refractivity contribution in [2.75, 3.05) is 11.8 Å². The molecule has 0 unspecified atom stereocenters. The van der Waals surface area contributed by atoms with Crippen LogP contribution in [0.15, 0.2) is 47.4 Å². The van der Waals surface area contributed by atoms with Crippen molar-refractivity contribution >= 4 is 21.8 Å². The molecule has 0 fully saturated rings. The second-order valence-corrected chi connectivity index (χ2v) is 6.95. The Bertz CT molecular complexity index is 908. The summed E-state index contributed by atoms with van der Waals surface area (Å²) in [7, 11) is -2.43. The zero-order valence-electron chi connectivity index (χ0n) is 13.7. The van der Waals surface area contributed by atoms with Crippen molar-refractivity contribution in [3.05, 3.63) is 64.1 Å². The van der Waals surface area contributed by atoms with Crippen molar-refractivity contribution in [3.8, 4) is 11.8 Å². The van der Waals surface area contributed by atoms with Crippen molar-refractivity contribution in [1.29, 1.82) is 5.26 Å². The van der Waals surface area contributed by atoms with Gasteiger partial charge in [0.1, 0.15) is 11.8 Å². The van der Waals surface area contributed by atoms with Gasteiger partial charge in [-0.1, -0.05) is 18.2 Å². The topological polar surface area (TPSA) is 79.2 Å². The third-order valence-electron chi connectivity index (χ3n) is 3.57. The zero-order valence-corrected chi connectivity index (χ0v) is 14.5. The molecule has 1 N–H and O–H groups in total. The molecule has 5 nitrogen and oxygen atoms in total. The van der Waals surface area contributed by atoms with E-state index in [2.05, 4.69) is 4.72 Å². The van der Waals surface area contributed by atoms with Crippen LogP contribution in [0.5, 0.6) is 5.75 Å². The summed E-state index contributed by atoms with van der Waals surface area (Å²) >= 11 is 0. The van der Waals surface area contributed by atoms with Crippen LogP contribution >= 0.6 is 0 Å². The van der Waals surface area contributed by atoms with Crippen LogP contribution in [0.4, 0.5) is 5.69 Å². The molecule has 0 saturated carbocycles. The van der Waals surface area contributed by atoms with Crippen LogP contribution < -0.4 is 9.46 Å². The Kier molecular flexibility index (Phi) is 5.27. The lowest BCUT2D eigenvalue weighted by Crippen LogP contribution is -2.14. The molecular formula is C18H18N2O3S. The second kappa shape index (κ2) is 7.20. The van der Waals surface area contributed by atoms with E-state index in [1.54, 1.807) is 36.4 Å². The van der Waals surface area contributed by atoms with Crippen LogP contribution in [0, 0.1) is 25.2 Å². The summed E-state index contributed by atoms with van der Waals surface area (Å²) < 4.78 is 32.2. The van der Waals surface area contributed by atoms with Gasteiger partial charge < -0.3 is 4.74 Å². The minimum Gasteiger partial charge on any atom is -0.497 e. The Morgan fingerprint density at radius 3 is 2.33 bits per heavy atom. The number of allylic oxidation sites excluding steroid dienone is 1. The maximum Gasteiger partial charge on any atom is 0.272 e. The summed E-state index contributed by atoms with van der Waals surface area (Å²) in [6, 6.07) is 13.7. The number of nitrogens with one attached hydrogen (secondary N) is 1. The molecule has 124 valence electrons. The number of hydrogen-bond acceptors (Lipinski definition) is 4. The van der Waals surface area contributed by atoms with Gasteiger partial charge in [-0.2, -0.15) is 5.26 Å². The number of anilines is 1. The largest absolute Gasteiger partial charge is 0.497 e. The minimum absolute atomic E-state index is 0.346. The molecule has 24 heavy (non-hydrogen) atoms. The van der Waals surface area contributed by atoms with Gasteiger partial charge in [-0.05, 0) is 60.9 Å². The monoisotopic (exact) mass is 342 g/mol. The first kappa shape index (κ1) is 17.6. The number of benzene rings is 2. The highest BCUT2D eigenvalue weighted by Gasteiger charge is 2.17. The van der Waals surface area contributed by atoms with Gasteiger partial charge in [-0.15, -0.1) is 0 Å². The van der Waals surface area contributed by atoms with Gasteiger partial charge in [0.2, 0.25) is 0 Å². The molecule has 0 bridgehead atoms. The maximum atomic E-state index is 12.4. The summed E-state index contributed by atoms with van der Waals surface area (Å²) in [5, 5.41) is 9.25. The van der Waals surface area contributed by atoms with E-state index in [4.69, 9.17) is 4.74 Å². The number of aryl methyl sites for hydroxylation is 2. The smallest absolute Gasteiger partial charge is 0.272 e. The first-order valence-corrected chi connectivity index (χ1v) is 8.70. The maximum absolute atomic E-state index is 12.4. The highest BCUT2D eigenvalue weighted by molar-refractivity contribution is 7.96. The van der Waals surface area contributed by atoms with Crippen LogP contribution in [-0.2, 0) is 10.0 Å². The third-order valence-corrected chi connectivity index (χ3v) is 4.86. The van der Waals surface area contributed by atoms with Gasteiger partial charge in [-0.25, -0.2) is 8.42 Å². The van der Waals surface area contributed by atoms with Gasteiger partial charge in [0.05, 0.1) is 7.11 Å². The summed E-state index contributed by atoms with van der Waals surface area (Å²) in [5.41, 5.74) is 3.15. The van der Waals surface area contributed by atoms with E-state index in [-0.39, 0.29) is 4.91 Å². The average molecular weight is 342 g/mol. The number of methoxy groups -OCH3 is 1. The molecule has 0 aliphatic carbocycles. The van der Waals surface area contributed by atoms with Gasteiger partial charge in [0, 0.05) is 5.69 Å². The molecule has 0 aliphatic heterocycles. The Morgan fingerprint density at radius 1 is 1.12 bits per heavy atom. The van der Waals surface area contributed by atoms with Gasteiger partial charge in [-0.3, -0.25) is 4.72 Å². The molecule has 0 heterocycles. The number of nitriles is 1. The first-order valence-electron chi connectivity index (χ1n) is 7.21. The number of nitrogens with zero attached hydrogens (tertiary/aromatic N) is 1. The highest BCUT2D eigenvalue weighted by atomic mass is 32.2. The first-order chi connectivity index (χ1) is 11.4. The Morgan fingerprint density at radius 2 is 1.79 bits per heavy atom. The lowest BCUT2D eigenvalue weighted by Gasteiger charge is -2.08. The van der Waals surface area contributed by atoms with E-state index < -0.39 is 10.0 Å². The molecule has 0 aliphatic rings. The predicted molar refractivity (Wildman–Crippen MR) is 95.0 cm³/mol. The SMILES string of the molecule is COc1ccc(NS(=O)(=O)C(C#N)=Cc2ccc(C)c(C)c2)cc1. The van der Waals surface area contributed by atoms with Crippen LogP contribution in [0.3, 0.4) is 0 Å². The molecule has 2 aromatic carbocycles. The Labute approximate surface area is 142 Å². The van der Waals surface area contributed by atoms with Gasteiger partial charge >= 0.3 is 0 Å². The van der Waals surface area contributed by atoms with Crippen molar-refractivity contribution in [2.45, 2.75) is 13.8 Å². The second-order valence-electron chi connectivity index (χ2n) is 5.30. The number of sulfonamides is 1. The van der Waals surface area contributed by atoms with E-state index in [0.717, 1.165) is 11.1 Å². The fourth-order valence-corrected chi connectivity index (χ4v) is 3.01. The Balaban J connectivity index is 2.31. The summed E-state index contributed by atoms with van der Waals surface area (Å²) in [5.74, 6) is 0.615. The zero-order chi connectivity index (χ0) is 17.7. The van der Waals surface area contributed by atoms with E-state index in [9.17, 15) is 13.7 Å². The van der Waals surface area contributed by atoms with Crippen LogP contribution in [0.1, 0.15) is 16.7 Å². The molecule has 0 aromatic heterocycles. The summed E-state index contributed by atoms with van der Waals surface area (Å²) in [4.78, 5) is -0.346. The van der Waals surface area contributed by atoms with Gasteiger partial charge in [0.15, 0.2) is 4.91 Å². The molecule has 0 radical (unpaired) electrons. The van der Waals surface area contributed by atoms with E-state index in [1.165, 1.54) is 13.2 Å². The summed E-state index contributed by atoms with van der Waals surface area (Å²) in [6.07, 6.45) is 1.36. The molecule has 2 rings (SSSR count). The minimum atomic E-state index is -3.96. The predicted octanol–water partition coefficient (Wildman–Crippen LogP) is 3.62. The number of ether oxygens (including phenoxy) is 1. The highest BCUT2D eigenvalue weighted by Crippen LogP contribution is 2.20. The molecule has 0 amide bonds. The third kappa shape index (κ3) is 4.15. The molecule has 0 saturated heterocycles. The van der Waals surface area contributed by atoms with Crippen molar-refractivity contribution < 1.29 is 13.2 Å². The van der Waals surface area contributed by atoms with E-state index >= 15 is 0 Å². The number of rotatable bonds is 5. The lowest BCUT2D eigenvalue weighted by atomic mass is 10.1. The lowest BCUT2D eigenvalue weighted by molar-refractivity contribution is 0.415. The van der Waals surface area contributed by atoms with E-state index in [0.29, 0.717) is 17.0 Å².